The Morgan fingerprint density at radius 1 is 1.10 bits per heavy atom. The average Bonchev–Trinajstić information content (AvgIpc) is 2.40. The number of hydrogen-bond donors (Lipinski definition) is 1. The van der Waals surface area contributed by atoms with Crippen LogP contribution >= 0.6 is 0 Å². The van der Waals surface area contributed by atoms with Crippen LogP contribution in [-0.2, 0) is 16.6 Å². The van der Waals surface area contributed by atoms with Crippen LogP contribution in [0.2, 0.25) is 0 Å². The van der Waals surface area contributed by atoms with Crippen LogP contribution in [0.4, 0.5) is 8.78 Å². The van der Waals surface area contributed by atoms with Crippen LogP contribution in [0.1, 0.15) is 11.1 Å². The Kier molecular flexibility index (Phi) is 4.15. The van der Waals surface area contributed by atoms with Crippen LogP contribution in [0.5, 0.6) is 0 Å². The van der Waals surface area contributed by atoms with Crippen LogP contribution in [0.25, 0.3) is 0 Å². The van der Waals surface area contributed by atoms with Crippen molar-refractivity contribution >= 4 is 10.0 Å². The summed E-state index contributed by atoms with van der Waals surface area (Å²) in [7, 11) is -3.75. The fourth-order valence-electron chi connectivity index (χ4n) is 1.72. The van der Waals surface area contributed by atoms with E-state index in [4.69, 9.17) is 0 Å². The van der Waals surface area contributed by atoms with Crippen LogP contribution in [0.3, 0.4) is 0 Å². The highest BCUT2D eigenvalue weighted by molar-refractivity contribution is 7.89. The van der Waals surface area contributed by atoms with E-state index >= 15 is 0 Å². The highest BCUT2D eigenvalue weighted by Crippen LogP contribution is 2.13. The van der Waals surface area contributed by atoms with Crippen molar-refractivity contribution in [1.82, 2.24) is 4.72 Å². The first-order valence-corrected chi connectivity index (χ1v) is 7.37. The maximum Gasteiger partial charge on any atom is 0.240 e. The van der Waals surface area contributed by atoms with E-state index in [2.05, 4.69) is 4.72 Å². The number of benzene rings is 2. The molecule has 0 radical (unpaired) electrons. The molecule has 0 atom stereocenters. The number of nitrogens with one attached hydrogen (secondary N) is 1. The van der Waals surface area contributed by atoms with Gasteiger partial charge in [-0.05, 0) is 42.8 Å². The van der Waals surface area contributed by atoms with Gasteiger partial charge in [0.05, 0.1) is 4.90 Å². The number of hydrogen-bond acceptors (Lipinski definition) is 2. The summed E-state index contributed by atoms with van der Waals surface area (Å²) in [6, 6.07) is 9.24. The van der Waals surface area contributed by atoms with Gasteiger partial charge in [-0.1, -0.05) is 12.1 Å². The van der Waals surface area contributed by atoms with Gasteiger partial charge in [0.25, 0.3) is 0 Å². The van der Waals surface area contributed by atoms with Crippen LogP contribution < -0.4 is 4.72 Å². The topological polar surface area (TPSA) is 46.2 Å². The molecule has 0 aliphatic heterocycles. The lowest BCUT2D eigenvalue weighted by atomic mass is 10.2. The molecule has 20 heavy (non-hydrogen) atoms. The first-order valence-electron chi connectivity index (χ1n) is 5.89. The minimum absolute atomic E-state index is 0.0405. The molecule has 0 amide bonds. The molecule has 0 saturated heterocycles. The first-order chi connectivity index (χ1) is 9.38. The minimum atomic E-state index is -3.75. The summed E-state index contributed by atoms with van der Waals surface area (Å²) in [5.41, 5.74) is 0.756. The molecule has 0 aliphatic rings. The molecule has 2 rings (SSSR count). The molecule has 0 aromatic heterocycles. The zero-order valence-electron chi connectivity index (χ0n) is 10.7. The van der Waals surface area contributed by atoms with Gasteiger partial charge in [0, 0.05) is 12.1 Å². The third-order valence-corrected chi connectivity index (χ3v) is 4.16. The third kappa shape index (κ3) is 3.40. The Bertz CT molecular complexity index is 730. The van der Waals surface area contributed by atoms with Gasteiger partial charge in [-0.15, -0.1) is 0 Å². The van der Waals surface area contributed by atoms with Crippen molar-refractivity contribution in [3.63, 3.8) is 0 Å². The van der Waals surface area contributed by atoms with Gasteiger partial charge >= 0.3 is 0 Å². The van der Waals surface area contributed by atoms with E-state index in [1.54, 1.807) is 19.1 Å². The Balaban J connectivity index is 2.19. The van der Waals surface area contributed by atoms with Crippen molar-refractivity contribution in [2.24, 2.45) is 0 Å². The van der Waals surface area contributed by atoms with E-state index in [0.717, 1.165) is 23.8 Å². The second-order valence-corrected chi connectivity index (χ2v) is 6.14. The van der Waals surface area contributed by atoms with E-state index in [9.17, 15) is 17.2 Å². The smallest absolute Gasteiger partial charge is 0.207 e. The maximum atomic E-state index is 13.4. The molecule has 3 nitrogen and oxygen atoms in total. The molecular formula is C14H13F2NO2S. The molecule has 0 spiro atoms. The predicted molar refractivity (Wildman–Crippen MR) is 71.6 cm³/mol. The van der Waals surface area contributed by atoms with Gasteiger partial charge in [0.15, 0.2) is 0 Å². The van der Waals surface area contributed by atoms with Crippen molar-refractivity contribution in [2.45, 2.75) is 18.4 Å². The van der Waals surface area contributed by atoms with Gasteiger partial charge in [-0.3, -0.25) is 0 Å². The number of sulfonamides is 1. The standard InChI is InChI=1S/C14H13F2NO2S/c1-10-3-2-4-13(7-10)20(18,19)17-9-11-8-12(15)5-6-14(11)16/h2-8,17H,9H2,1H3. The largest absolute Gasteiger partial charge is 0.240 e. The van der Waals surface area contributed by atoms with E-state index in [0.29, 0.717) is 0 Å². The molecule has 1 N–H and O–H groups in total. The zero-order valence-corrected chi connectivity index (χ0v) is 11.5. The monoisotopic (exact) mass is 297 g/mol. The highest BCUT2D eigenvalue weighted by atomic mass is 32.2. The Hall–Kier alpha value is -1.79. The van der Waals surface area contributed by atoms with E-state index in [1.165, 1.54) is 12.1 Å². The summed E-state index contributed by atoms with van der Waals surface area (Å²) in [6.45, 7) is 1.46. The van der Waals surface area contributed by atoms with E-state index < -0.39 is 21.7 Å². The fourth-order valence-corrected chi connectivity index (χ4v) is 2.83. The Morgan fingerprint density at radius 3 is 2.55 bits per heavy atom. The van der Waals surface area contributed by atoms with Gasteiger partial charge in [-0.25, -0.2) is 21.9 Å². The number of halogens is 2. The van der Waals surface area contributed by atoms with Gasteiger partial charge in [0.2, 0.25) is 10.0 Å². The lowest BCUT2D eigenvalue weighted by Crippen LogP contribution is -2.23. The van der Waals surface area contributed by atoms with Gasteiger partial charge in [0.1, 0.15) is 11.6 Å². The number of aryl methyl sites for hydroxylation is 1. The van der Waals surface area contributed by atoms with Gasteiger partial charge < -0.3 is 0 Å². The summed E-state index contributed by atoms with van der Waals surface area (Å²) in [5.74, 6) is -1.27. The average molecular weight is 297 g/mol. The SMILES string of the molecule is Cc1cccc(S(=O)(=O)NCc2cc(F)ccc2F)c1. The second-order valence-electron chi connectivity index (χ2n) is 4.38. The molecule has 0 fully saturated rings. The zero-order chi connectivity index (χ0) is 14.8. The molecule has 0 heterocycles. The summed E-state index contributed by atoms with van der Waals surface area (Å²) < 4.78 is 52.7. The lowest BCUT2D eigenvalue weighted by molar-refractivity contribution is 0.567. The molecule has 6 heteroatoms. The fraction of sp³-hybridized carbons (Fsp3) is 0.143. The van der Waals surface area contributed by atoms with E-state index in [1.807, 2.05) is 0 Å². The molecule has 0 aliphatic carbocycles. The minimum Gasteiger partial charge on any atom is -0.207 e. The van der Waals surface area contributed by atoms with Gasteiger partial charge in [-0.2, -0.15) is 0 Å². The van der Waals surface area contributed by atoms with Crippen molar-refractivity contribution in [3.8, 4) is 0 Å². The first kappa shape index (κ1) is 14.6. The molecule has 0 saturated carbocycles. The van der Waals surface area contributed by atoms with Crippen molar-refractivity contribution in [1.29, 1.82) is 0 Å². The summed E-state index contributed by atoms with van der Waals surface area (Å²) in [6.07, 6.45) is 0. The molecule has 0 unspecified atom stereocenters. The highest BCUT2D eigenvalue weighted by Gasteiger charge is 2.15. The normalized spacial score (nSPS) is 11.6. The molecule has 2 aromatic carbocycles. The summed E-state index contributed by atoms with van der Waals surface area (Å²) in [4.78, 5) is 0.0920. The second kappa shape index (κ2) is 5.68. The lowest BCUT2D eigenvalue weighted by Gasteiger charge is -2.08. The quantitative estimate of drug-likeness (QED) is 0.943. The van der Waals surface area contributed by atoms with Crippen molar-refractivity contribution in [3.05, 3.63) is 65.2 Å². The molecule has 0 bridgehead atoms. The predicted octanol–water partition coefficient (Wildman–Crippen LogP) is 2.75. The molecule has 2 aromatic rings. The summed E-state index contributed by atoms with van der Waals surface area (Å²) in [5, 5.41) is 0. The van der Waals surface area contributed by atoms with Crippen molar-refractivity contribution < 1.29 is 17.2 Å². The third-order valence-electron chi connectivity index (χ3n) is 2.76. The van der Waals surface area contributed by atoms with E-state index in [-0.39, 0.29) is 17.0 Å². The van der Waals surface area contributed by atoms with Crippen LogP contribution in [0, 0.1) is 18.6 Å². The molecular weight excluding hydrogens is 284 g/mol. The Morgan fingerprint density at radius 2 is 1.85 bits per heavy atom. The van der Waals surface area contributed by atoms with Crippen LogP contribution in [0.15, 0.2) is 47.4 Å². The van der Waals surface area contributed by atoms with Crippen molar-refractivity contribution in [2.75, 3.05) is 0 Å². The summed E-state index contributed by atoms with van der Waals surface area (Å²) >= 11 is 0. The Labute approximate surface area is 116 Å². The number of rotatable bonds is 4. The van der Waals surface area contributed by atoms with Crippen LogP contribution in [-0.4, -0.2) is 8.42 Å². The molecule has 106 valence electrons. The maximum absolute atomic E-state index is 13.4.